The first-order valence-corrected chi connectivity index (χ1v) is 28.3. The van der Waals surface area contributed by atoms with Crippen LogP contribution < -0.4 is 0 Å². The van der Waals surface area contributed by atoms with E-state index in [-0.39, 0.29) is 50.4 Å². The molecule has 0 aromatic heterocycles. The Balaban J connectivity index is 4.66. The topological polar surface area (TPSA) is 78.9 Å². The quantitative estimate of drug-likeness (QED) is 0.0199. The molecule has 0 aliphatic carbocycles. The molecule has 0 saturated carbocycles. The molecular formula is C66H100O6. The van der Waals surface area contributed by atoms with Gasteiger partial charge in [0.15, 0.2) is 6.10 Å². The first-order chi connectivity index (χ1) is 35.5. The third-order valence-corrected chi connectivity index (χ3v) is 11.2. The van der Waals surface area contributed by atoms with Crippen LogP contribution in [0, 0.1) is 0 Å². The molecule has 6 heteroatoms. The fraction of sp³-hybridized carbons (Fsp3) is 0.530. The van der Waals surface area contributed by atoms with E-state index in [0.29, 0.717) is 12.8 Å². The summed E-state index contributed by atoms with van der Waals surface area (Å²) in [6.45, 7) is 6.32. The van der Waals surface area contributed by atoms with E-state index in [9.17, 15) is 14.4 Å². The van der Waals surface area contributed by atoms with Crippen LogP contribution in [0.25, 0.3) is 0 Å². The van der Waals surface area contributed by atoms with Gasteiger partial charge in [-0.15, -0.1) is 0 Å². The Labute approximate surface area is 441 Å². The van der Waals surface area contributed by atoms with Gasteiger partial charge in [0.05, 0.1) is 0 Å². The van der Waals surface area contributed by atoms with Gasteiger partial charge in [0.25, 0.3) is 0 Å². The minimum atomic E-state index is -0.841. The molecule has 0 amide bonds. The van der Waals surface area contributed by atoms with Crippen molar-refractivity contribution in [2.75, 3.05) is 13.2 Å². The lowest BCUT2D eigenvalue weighted by molar-refractivity contribution is -0.167. The zero-order valence-corrected chi connectivity index (χ0v) is 45.6. The number of hydrogen-bond donors (Lipinski definition) is 0. The van der Waals surface area contributed by atoms with Crippen LogP contribution in [0.4, 0.5) is 0 Å². The zero-order chi connectivity index (χ0) is 52.2. The second-order valence-corrected chi connectivity index (χ2v) is 18.0. The SMILES string of the molecule is CC\C=C/C=C\C=C/C=C\C=C\C=C/C=C\CCCCCC(=O)OCC(COC(=O)CCC/C=C\C/C=C\C/C=C\CCCCCCCC)OC(=O)CCCCCCC\C=C/C=C\C=C/C=C\CCCCC. The predicted molar refractivity (Wildman–Crippen MR) is 311 cm³/mol. The molecule has 0 radical (unpaired) electrons. The van der Waals surface area contributed by atoms with Crippen molar-refractivity contribution in [1.29, 1.82) is 0 Å². The van der Waals surface area contributed by atoms with Gasteiger partial charge in [0.2, 0.25) is 0 Å². The molecule has 0 N–H and O–H groups in total. The molecular weight excluding hydrogens is 889 g/mol. The highest BCUT2D eigenvalue weighted by atomic mass is 16.6. The van der Waals surface area contributed by atoms with E-state index in [0.717, 1.165) is 89.9 Å². The van der Waals surface area contributed by atoms with Crippen LogP contribution in [0.3, 0.4) is 0 Å². The van der Waals surface area contributed by atoms with Crippen molar-refractivity contribution in [3.05, 3.63) is 170 Å². The summed E-state index contributed by atoms with van der Waals surface area (Å²) >= 11 is 0. The monoisotopic (exact) mass is 989 g/mol. The molecule has 72 heavy (non-hydrogen) atoms. The lowest BCUT2D eigenvalue weighted by Crippen LogP contribution is -2.30. The Morgan fingerprint density at radius 2 is 0.611 bits per heavy atom. The average Bonchev–Trinajstić information content (AvgIpc) is 3.38. The summed E-state index contributed by atoms with van der Waals surface area (Å²) in [7, 11) is 0. The maximum atomic E-state index is 12.9. The zero-order valence-electron chi connectivity index (χ0n) is 45.6. The van der Waals surface area contributed by atoms with E-state index in [1.165, 1.54) is 64.2 Å². The molecule has 0 fully saturated rings. The fourth-order valence-electron chi connectivity index (χ4n) is 6.98. The minimum Gasteiger partial charge on any atom is -0.462 e. The van der Waals surface area contributed by atoms with Crippen LogP contribution >= 0.6 is 0 Å². The Morgan fingerprint density at radius 1 is 0.306 bits per heavy atom. The van der Waals surface area contributed by atoms with Crippen LogP contribution in [0.15, 0.2) is 170 Å². The van der Waals surface area contributed by atoms with Gasteiger partial charge >= 0.3 is 17.9 Å². The number of hydrogen-bond acceptors (Lipinski definition) is 6. The summed E-state index contributed by atoms with van der Waals surface area (Å²) < 4.78 is 16.8. The van der Waals surface area contributed by atoms with Crippen molar-refractivity contribution in [2.45, 2.75) is 213 Å². The van der Waals surface area contributed by atoms with Crippen LogP contribution in [0.5, 0.6) is 0 Å². The van der Waals surface area contributed by atoms with Crippen molar-refractivity contribution < 1.29 is 28.6 Å². The number of unbranched alkanes of at least 4 members (excludes halogenated alkanes) is 18. The molecule has 0 spiro atoms. The molecule has 1 unspecified atom stereocenters. The molecule has 0 aliphatic heterocycles. The average molecular weight is 990 g/mol. The van der Waals surface area contributed by atoms with Gasteiger partial charge < -0.3 is 14.2 Å². The summed E-state index contributed by atoms with van der Waals surface area (Å²) in [5.41, 5.74) is 0. The smallest absolute Gasteiger partial charge is 0.306 e. The highest BCUT2D eigenvalue weighted by Crippen LogP contribution is 2.12. The first kappa shape index (κ1) is 66.8. The van der Waals surface area contributed by atoms with Gasteiger partial charge in [-0.1, -0.05) is 262 Å². The van der Waals surface area contributed by atoms with E-state index in [1.807, 2.05) is 72.9 Å². The molecule has 0 bridgehead atoms. The number of ether oxygens (including phenoxy) is 3. The molecule has 0 aromatic carbocycles. The van der Waals surface area contributed by atoms with Crippen LogP contribution in [-0.4, -0.2) is 37.2 Å². The van der Waals surface area contributed by atoms with Gasteiger partial charge in [-0.2, -0.15) is 0 Å². The molecule has 1 atom stereocenters. The van der Waals surface area contributed by atoms with Crippen LogP contribution in [-0.2, 0) is 28.6 Å². The minimum absolute atomic E-state index is 0.136. The van der Waals surface area contributed by atoms with E-state index >= 15 is 0 Å². The van der Waals surface area contributed by atoms with Crippen LogP contribution in [0.2, 0.25) is 0 Å². The normalized spacial score (nSPS) is 13.4. The molecule has 6 nitrogen and oxygen atoms in total. The Kier molecular flexibility index (Phi) is 54.1. The molecule has 0 aromatic rings. The Hall–Kier alpha value is -5.23. The molecule has 0 rings (SSSR count). The summed E-state index contributed by atoms with van der Waals surface area (Å²) in [6.07, 6.45) is 86.2. The third kappa shape index (κ3) is 55.7. The van der Waals surface area contributed by atoms with E-state index in [1.54, 1.807) is 0 Å². The van der Waals surface area contributed by atoms with Crippen molar-refractivity contribution in [1.82, 2.24) is 0 Å². The lowest BCUT2D eigenvalue weighted by Gasteiger charge is -2.18. The maximum absolute atomic E-state index is 12.9. The number of carbonyl (C=O) groups excluding carboxylic acids is 3. The first-order valence-electron chi connectivity index (χ1n) is 28.3. The van der Waals surface area contributed by atoms with Gasteiger partial charge in [-0.05, 0) is 96.3 Å². The highest BCUT2D eigenvalue weighted by Gasteiger charge is 2.19. The standard InChI is InChI=1S/C66H100O6/c1-4-7-10-13-16-19-22-25-28-31-33-36-38-41-44-47-50-53-56-59-65(68)71-62-63(61-70-64(67)58-55-52-49-46-43-40-37-34-30-27-24-21-18-15-12-9-6-3)72-66(69)60-57-54-51-48-45-42-39-35-32-29-26-23-20-17-14-11-8-5-2/h7,10,13,16-17,19-20,22-23,25-33,35-41,44,46,49,63H,4-6,8-9,11-12,14-15,18,21,24,34,42-43,45,47-48,50-62H2,1-3H3/b10-7-,16-13-,20-17-,22-19-,26-23-,28-25-,30-27-,32-29-,33-31+,38-36-,39-35-,40-37-,44-41-,49-46-. The fourth-order valence-corrected chi connectivity index (χ4v) is 6.98. The van der Waals surface area contributed by atoms with Crippen molar-refractivity contribution in [3.63, 3.8) is 0 Å². The largest absolute Gasteiger partial charge is 0.462 e. The predicted octanol–water partition coefficient (Wildman–Crippen LogP) is 19.1. The van der Waals surface area contributed by atoms with Gasteiger partial charge in [-0.25, -0.2) is 0 Å². The van der Waals surface area contributed by atoms with Gasteiger partial charge in [0, 0.05) is 19.3 Å². The summed E-state index contributed by atoms with van der Waals surface area (Å²) in [6, 6.07) is 0. The summed E-state index contributed by atoms with van der Waals surface area (Å²) in [5, 5.41) is 0. The maximum Gasteiger partial charge on any atom is 0.306 e. The van der Waals surface area contributed by atoms with Crippen molar-refractivity contribution in [2.24, 2.45) is 0 Å². The second kappa shape index (κ2) is 58.3. The highest BCUT2D eigenvalue weighted by molar-refractivity contribution is 5.71. The molecule has 0 saturated heterocycles. The molecule has 400 valence electrons. The number of rotatable bonds is 48. The second-order valence-electron chi connectivity index (χ2n) is 18.0. The number of carbonyl (C=O) groups is 3. The molecule has 0 heterocycles. The number of allylic oxidation sites excluding steroid dienone is 28. The van der Waals surface area contributed by atoms with Crippen molar-refractivity contribution in [3.8, 4) is 0 Å². The third-order valence-electron chi connectivity index (χ3n) is 11.2. The number of esters is 3. The van der Waals surface area contributed by atoms with E-state index in [4.69, 9.17) is 14.2 Å². The van der Waals surface area contributed by atoms with Gasteiger partial charge in [-0.3, -0.25) is 14.4 Å². The van der Waals surface area contributed by atoms with Crippen molar-refractivity contribution >= 4 is 17.9 Å². The Bertz CT molecular complexity index is 1700. The lowest BCUT2D eigenvalue weighted by atomic mass is 10.1. The summed E-state index contributed by atoms with van der Waals surface area (Å²) in [4.78, 5) is 38.1. The van der Waals surface area contributed by atoms with E-state index < -0.39 is 6.10 Å². The van der Waals surface area contributed by atoms with Crippen LogP contribution in [0.1, 0.15) is 207 Å². The van der Waals surface area contributed by atoms with Gasteiger partial charge in [0.1, 0.15) is 13.2 Å². The Morgan fingerprint density at radius 3 is 1.07 bits per heavy atom. The summed E-state index contributed by atoms with van der Waals surface area (Å²) in [5.74, 6) is -1.06. The molecule has 0 aliphatic rings. The van der Waals surface area contributed by atoms with E-state index in [2.05, 4.69) is 118 Å².